The number of ether oxygens (including phenoxy) is 2. The summed E-state index contributed by atoms with van der Waals surface area (Å²) in [6, 6.07) is -0.559. The fourth-order valence-corrected chi connectivity index (χ4v) is 3.69. The minimum absolute atomic E-state index is 0.202. The number of aliphatic hydroxyl groups is 1. The zero-order valence-electron chi connectivity index (χ0n) is 12.8. The Bertz CT molecular complexity index is 386. The number of aliphatic hydroxyl groups excluding tert-OH is 1. The van der Waals surface area contributed by atoms with Gasteiger partial charge in [0.2, 0.25) is 0 Å². The molecule has 2 rings (SSSR count). The summed E-state index contributed by atoms with van der Waals surface area (Å²) in [7, 11) is 1.33. The first kappa shape index (κ1) is 16.1. The number of esters is 1. The van der Waals surface area contributed by atoms with Crippen molar-refractivity contribution in [1.82, 2.24) is 4.90 Å². The van der Waals surface area contributed by atoms with Crippen molar-refractivity contribution in [2.24, 2.45) is 17.8 Å². The molecule has 2 aliphatic rings. The number of carbonyl (C=O) groups is 2. The van der Waals surface area contributed by atoms with E-state index in [1.807, 2.05) is 0 Å². The Hall–Kier alpha value is -1.30. The number of hydrogen-bond acceptors (Lipinski definition) is 5. The predicted molar refractivity (Wildman–Crippen MR) is 75.6 cm³/mol. The van der Waals surface area contributed by atoms with Gasteiger partial charge in [-0.3, -0.25) is 4.90 Å². The van der Waals surface area contributed by atoms with Gasteiger partial charge in [-0.05, 0) is 50.4 Å². The third-order valence-electron chi connectivity index (χ3n) is 4.81. The fraction of sp³-hybridized carbons (Fsp3) is 0.867. The number of rotatable bonds is 3. The first-order valence-corrected chi connectivity index (χ1v) is 7.72. The number of nitrogens with zero attached hydrogens (tertiary/aromatic N) is 1. The van der Waals surface area contributed by atoms with Crippen LogP contribution in [-0.4, -0.2) is 55.0 Å². The largest absolute Gasteiger partial charge is 0.464 e. The summed E-state index contributed by atoms with van der Waals surface area (Å²) < 4.78 is 9.91. The minimum atomic E-state index is -0.559. The van der Waals surface area contributed by atoms with Gasteiger partial charge >= 0.3 is 12.1 Å². The number of likely N-dealkylation sites (tertiary alicyclic amines) is 1. The summed E-state index contributed by atoms with van der Waals surface area (Å²) in [6.07, 6.45) is 3.03. The molecule has 120 valence electrons. The molecule has 0 spiro atoms. The van der Waals surface area contributed by atoms with Gasteiger partial charge in [-0.1, -0.05) is 0 Å². The highest BCUT2D eigenvalue weighted by Crippen LogP contribution is 2.41. The molecule has 0 bridgehead atoms. The van der Waals surface area contributed by atoms with E-state index in [1.54, 1.807) is 6.92 Å². The van der Waals surface area contributed by atoms with Gasteiger partial charge in [0.15, 0.2) is 0 Å². The van der Waals surface area contributed by atoms with Gasteiger partial charge in [-0.15, -0.1) is 0 Å². The number of hydrogen-bond donors (Lipinski definition) is 1. The lowest BCUT2D eigenvalue weighted by atomic mass is 9.69. The van der Waals surface area contributed by atoms with Gasteiger partial charge in [0, 0.05) is 13.2 Å². The molecule has 6 nitrogen and oxygen atoms in total. The van der Waals surface area contributed by atoms with Crippen molar-refractivity contribution >= 4 is 12.1 Å². The van der Waals surface area contributed by atoms with Crippen LogP contribution in [0.15, 0.2) is 0 Å². The highest BCUT2D eigenvalue weighted by molar-refractivity contribution is 5.81. The van der Waals surface area contributed by atoms with Gasteiger partial charge in [0.05, 0.1) is 13.7 Å². The van der Waals surface area contributed by atoms with Gasteiger partial charge in [0.25, 0.3) is 0 Å². The third-order valence-corrected chi connectivity index (χ3v) is 4.81. The van der Waals surface area contributed by atoms with Crippen molar-refractivity contribution < 1.29 is 24.2 Å². The molecule has 0 aromatic rings. The van der Waals surface area contributed by atoms with Crippen LogP contribution in [0.1, 0.15) is 32.6 Å². The van der Waals surface area contributed by atoms with Crippen LogP contribution in [0.4, 0.5) is 4.79 Å². The van der Waals surface area contributed by atoms with E-state index in [-0.39, 0.29) is 12.6 Å². The van der Waals surface area contributed by atoms with Crippen LogP contribution >= 0.6 is 0 Å². The number of fused-ring (bicyclic) bond motifs is 1. The molecule has 1 N–H and O–H groups in total. The molecule has 0 radical (unpaired) electrons. The average Bonchev–Trinajstić information content (AvgIpc) is 2.52. The maximum atomic E-state index is 12.1. The zero-order chi connectivity index (χ0) is 15.4. The molecule has 1 amide bonds. The zero-order valence-corrected chi connectivity index (χ0v) is 12.8. The van der Waals surface area contributed by atoms with E-state index >= 15 is 0 Å². The van der Waals surface area contributed by atoms with Crippen LogP contribution in [0.3, 0.4) is 0 Å². The van der Waals surface area contributed by atoms with Crippen molar-refractivity contribution in [2.45, 2.75) is 38.6 Å². The molecule has 6 heteroatoms. The molecule has 21 heavy (non-hydrogen) atoms. The molecule has 1 saturated heterocycles. The number of amides is 1. The van der Waals surface area contributed by atoms with Crippen molar-refractivity contribution in [3.05, 3.63) is 0 Å². The Kier molecular flexibility index (Phi) is 5.45. The molecule has 0 aromatic carbocycles. The molecule has 1 saturated carbocycles. The van der Waals surface area contributed by atoms with E-state index in [2.05, 4.69) is 0 Å². The van der Waals surface area contributed by atoms with Crippen LogP contribution in [0, 0.1) is 17.8 Å². The Labute approximate surface area is 125 Å². The van der Waals surface area contributed by atoms with Crippen molar-refractivity contribution in [3.8, 4) is 0 Å². The molecular formula is C15H25NO5. The predicted octanol–water partition coefficient (Wildman–Crippen LogP) is 1.42. The van der Waals surface area contributed by atoms with E-state index in [9.17, 15) is 14.7 Å². The lowest BCUT2D eigenvalue weighted by Gasteiger charge is -2.45. The second kappa shape index (κ2) is 7.11. The number of carbonyl (C=O) groups excluding carboxylic acids is 2. The summed E-state index contributed by atoms with van der Waals surface area (Å²) >= 11 is 0. The normalized spacial score (nSPS) is 32.2. The first-order valence-electron chi connectivity index (χ1n) is 7.72. The molecule has 2 fully saturated rings. The van der Waals surface area contributed by atoms with Crippen LogP contribution < -0.4 is 0 Å². The van der Waals surface area contributed by atoms with E-state index in [4.69, 9.17) is 9.47 Å². The van der Waals surface area contributed by atoms with Crippen LogP contribution in [-0.2, 0) is 14.3 Å². The Morgan fingerprint density at radius 1 is 1.24 bits per heavy atom. The highest BCUT2D eigenvalue weighted by atomic mass is 16.6. The summed E-state index contributed by atoms with van der Waals surface area (Å²) in [4.78, 5) is 25.6. The molecule has 1 aliphatic heterocycles. The second-order valence-electron chi connectivity index (χ2n) is 6.01. The maximum Gasteiger partial charge on any atom is 0.410 e. The van der Waals surface area contributed by atoms with Crippen LogP contribution in [0.2, 0.25) is 0 Å². The summed E-state index contributed by atoms with van der Waals surface area (Å²) in [5.41, 5.74) is 0. The summed E-state index contributed by atoms with van der Waals surface area (Å²) in [5, 5.41) is 9.34. The van der Waals surface area contributed by atoms with E-state index in [0.29, 0.717) is 37.3 Å². The molecule has 1 aliphatic carbocycles. The third kappa shape index (κ3) is 3.48. The average molecular weight is 299 g/mol. The number of piperidine rings is 1. The highest BCUT2D eigenvalue weighted by Gasteiger charge is 2.44. The molecule has 4 atom stereocenters. The molecular weight excluding hydrogens is 274 g/mol. The first-order chi connectivity index (χ1) is 10.1. The summed E-state index contributed by atoms with van der Waals surface area (Å²) in [5.74, 6) is 0.718. The fourth-order valence-electron chi connectivity index (χ4n) is 3.69. The van der Waals surface area contributed by atoms with E-state index in [1.165, 1.54) is 12.0 Å². The van der Waals surface area contributed by atoms with Gasteiger partial charge in [-0.25, -0.2) is 9.59 Å². The quantitative estimate of drug-likeness (QED) is 0.798. The maximum absolute atomic E-state index is 12.1. The Morgan fingerprint density at radius 3 is 2.62 bits per heavy atom. The lowest BCUT2D eigenvalue weighted by Crippen LogP contribution is -2.55. The molecule has 1 heterocycles. The van der Waals surface area contributed by atoms with E-state index in [0.717, 1.165) is 19.3 Å². The van der Waals surface area contributed by atoms with Gasteiger partial charge in [0.1, 0.15) is 6.04 Å². The smallest absolute Gasteiger partial charge is 0.410 e. The van der Waals surface area contributed by atoms with Crippen molar-refractivity contribution in [1.29, 1.82) is 0 Å². The lowest BCUT2D eigenvalue weighted by molar-refractivity contribution is -0.152. The van der Waals surface area contributed by atoms with E-state index < -0.39 is 12.1 Å². The van der Waals surface area contributed by atoms with Gasteiger partial charge in [-0.2, -0.15) is 0 Å². The number of methoxy groups -OCH3 is 1. The second-order valence-corrected chi connectivity index (χ2v) is 6.01. The minimum Gasteiger partial charge on any atom is -0.464 e. The summed E-state index contributed by atoms with van der Waals surface area (Å²) in [6.45, 7) is 2.80. The topological polar surface area (TPSA) is 76.1 Å². The SMILES string of the molecule is CCOC(=O)C1CC2CC(CO)CCC2CN1C(=O)OC. The standard InChI is InChI=1S/C15H25NO5/c1-3-21-14(18)13-7-12-6-10(9-17)4-5-11(12)8-16(13)15(19)20-2/h10-13,17H,3-9H2,1-2H3. The van der Waals surface area contributed by atoms with Gasteiger partial charge < -0.3 is 14.6 Å². The molecule has 0 aromatic heterocycles. The molecule has 4 unspecified atom stereocenters. The Balaban J connectivity index is 2.11. The Morgan fingerprint density at radius 2 is 2.00 bits per heavy atom. The monoisotopic (exact) mass is 299 g/mol. The van der Waals surface area contributed by atoms with Crippen LogP contribution in [0.25, 0.3) is 0 Å². The van der Waals surface area contributed by atoms with Crippen molar-refractivity contribution in [2.75, 3.05) is 26.9 Å². The van der Waals surface area contributed by atoms with Crippen molar-refractivity contribution in [3.63, 3.8) is 0 Å². The van der Waals surface area contributed by atoms with Crippen LogP contribution in [0.5, 0.6) is 0 Å².